The zero-order chi connectivity index (χ0) is 14.4. The third kappa shape index (κ3) is 5.45. The summed E-state index contributed by atoms with van der Waals surface area (Å²) in [5, 5.41) is 22.3. The van der Waals surface area contributed by atoms with Crippen molar-refractivity contribution < 1.29 is 14.7 Å². The van der Waals surface area contributed by atoms with Gasteiger partial charge in [0.05, 0.1) is 6.42 Å². The van der Waals surface area contributed by atoms with Crippen molar-refractivity contribution in [1.29, 1.82) is 0 Å². The predicted octanol–water partition coefficient (Wildman–Crippen LogP) is -0.0129. The molecule has 0 fully saturated rings. The molecule has 106 valence electrons. The Morgan fingerprint density at radius 2 is 2.11 bits per heavy atom. The lowest BCUT2D eigenvalue weighted by molar-refractivity contribution is -0.137. The highest BCUT2D eigenvalue weighted by Crippen LogP contribution is 2.08. The number of hydrogen-bond acceptors (Lipinski definition) is 5. The Morgan fingerprint density at radius 3 is 2.58 bits per heavy atom. The maximum atomic E-state index is 11.8. The molecule has 0 spiro atoms. The molecule has 0 aromatic carbocycles. The topological polar surface area (TPSA) is 110 Å². The molecule has 1 amide bonds. The molecule has 0 aliphatic heterocycles. The van der Waals surface area contributed by atoms with E-state index in [1.165, 1.54) is 4.68 Å². The fourth-order valence-electron chi connectivity index (χ4n) is 1.78. The number of carboxylic acid groups (broad SMARTS) is 1. The highest BCUT2D eigenvalue weighted by atomic mass is 16.4. The molecule has 0 aliphatic carbocycles. The largest absolute Gasteiger partial charge is 0.481 e. The van der Waals surface area contributed by atoms with E-state index in [0.717, 1.165) is 0 Å². The number of carboxylic acids is 1. The molecule has 0 unspecified atom stereocenters. The summed E-state index contributed by atoms with van der Waals surface area (Å²) >= 11 is 0. The number of nitrogens with one attached hydrogen (secondary N) is 1. The van der Waals surface area contributed by atoms with Crippen LogP contribution in [-0.4, -0.2) is 43.2 Å². The first-order chi connectivity index (χ1) is 8.88. The first-order valence-electron chi connectivity index (χ1n) is 6.12. The number of hydrogen-bond donors (Lipinski definition) is 2. The molecular weight excluding hydrogens is 250 g/mol. The molecule has 8 heteroatoms. The second-order valence-electron chi connectivity index (χ2n) is 4.88. The highest BCUT2D eigenvalue weighted by Gasteiger charge is 2.18. The van der Waals surface area contributed by atoms with Gasteiger partial charge in [0.25, 0.3) is 0 Å². The predicted molar refractivity (Wildman–Crippen MR) is 66.2 cm³/mol. The standard InChI is InChI=1S/C11H19N5O3/c1-7(2)4-9(5-11(18)19)12-10(17)6-16-8(3)13-14-15-16/h7,9H,4-6H2,1-3H3,(H,12,17)(H,18,19)/t9-/m1/s1. The Bertz CT molecular complexity index is 443. The van der Waals surface area contributed by atoms with Crippen molar-refractivity contribution in [3.63, 3.8) is 0 Å². The molecule has 0 radical (unpaired) electrons. The van der Waals surface area contributed by atoms with Crippen LogP contribution in [0.25, 0.3) is 0 Å². The van der Waals surface area contributed by atoms with Crippen molar-refractivity contribution in [2.45, 2.75) is 46.2 Å². The van der Waals surface area contributed by atoms with E-state index in [4.69, 9.17) is 5.11 Å². The van der Waals surface area contributed by atoms with E-state index in [2.05, 4.69) is 20.8 Å². The summed E-state index contributed by atoms with van der Waals surface area (Å²) in [7, 11) is 0. The molecule has 0 saturated heterocycles. The van der Waals surface area contributed by atoms with Crippen molar-refractivity contribution in [2.75, 3.05) is 0 Å². The molecule has 0 aliphatic rings. The lowest BCUT2D eigenvalue weighted by atomic mass is 10.0. The summed E-state index contributed by atoms with van der Waals surface area (Å²) in [4.78, 5) is 22.6. The lowest BCUT2D eigenvalue weighted by Gasteiger charge is -2.18. The Hall–Kier alpha value is -1.99. The fourth-order valence-corrected chi connectivity index (χ4v) is 1.78. The molecule has 1 rings (SSSR count). The number of aromatic nitrogens is 4. The van der Waals surface area contributed by atoms with Crippen molar-refractivity contribution in [2.24, 2.45) is 5.92 Å². The third-order valence-electron chi connectivity index (χ3n) is 2.55. The van der Waals surface area contributed by atoms with Gasteiger partial charge in [-0.3, -0.25) is 9.59 Å². The molecule has 1 heterocycles. The van der Waals surface area contributed by atoms with E-state index >= 15 is 0 Å². The Balaban J connectivity index is 2.55. The van der Waals surface area contributed by atoms with Gasteiger partial charge in [-0.25, -0.2) is 4.68 Å². The number of rotatable bonds is 7. The minimum atomic E-state index is -0.926. The minimum Gasteiger partial charge on any atom is -0.481 e. The third-order valence-corrected chi connectivity index (χ3v) is 2.55. The summed E-state index contributed by atoms with van der Waals surface area (Å²) in [5.41, 5.74) is 0. The summed E-state index contributed by atoms with van der Waals surface area (Å²) in [6.07, 6.45) is 0.533. The fraction of sp³-hybridized carbons (Fsp3) is 0.727. The molecule has 0 bridgehead atoms. The average molecular weight is 269 g/mol. The molecule has 19 heavy (non-hydrogen) atoms. The molecule has 1 aromatic heterocycles. The normalized spacial score (nSPS) is 12.4. The number of tetrazole rings is 1. The Morgan fingerprint density at radius 1 is 1.42 bits per heavy atom. The van der Waals surface area contributed by atoms with Gasteiger partial charge < -0.3 is 10.4 Å². The molecule has 8 nitrogen and oxygen atoms in total. The Kier molecular flexibility index (Phi) is 5.40. The van der Waals surface area contributed by atoms with E-state index in [9.17, 15) is 9.59 Å². The van der Waals surface area contributed by atoms with Crippen molar-refractivity contribution in [3.05, 3.63) is 5.82 Å². The van der Waals surface area contributed by atoms with Gasteiger partial charge >= 0.3 is 5.97 Å². The zero-order valence-electron chi connectivity index (χ0n) is 11.3. The van der Waals surface area contributed by atoms with Crippen LogP contribution in [-0.2, 0) is 16.1 Å². The van der Waals surface area contributed by atoms with E-state index < -0.39 is 5.97 Å². The van der Waals surface area contributed by atoms with E-state index in [-0.39, 0.29) is 24.9 Å². The first-order valence-corrected chi connectivity index (χ1v) is 6.12. The van der Waals surface area contributed by atoms with Crippen LogP contribution >= 0.6 is 0 Å². The van der Waals surface area contributed by atoms with Gasteiger partial charge in [-0.1, -0.05) is 13.8 Å². The smallest absolute Gasteiger partial charge is 0.305 e. The number of carbonyl (C=O) groups is 2. The summed E-state index contributed by atoms with van der Waals surface area (Å²) < 4.78 is 1.36. The van der Waals surface area contributed by atoms with E-state index in [0.29, 0.717) is 18.2 Å². The van der Waals surface area contributed by atoms with Gasteiger partial charge in [0.15, 0.2) is 0 Å². The van der Waals surface area contributed by atoms with Crippen molar-refractivity contribution in [1.82, 2.24) is 25.5 Å². The van der Waals surface area contributed by atoms with E-state index in [1.54, 1.807) is 6.92 Å². The van der Waals surface area contributed by atoms with Crippen LogP contribution in [0.15, 0.2) is 0 Å². The van der Waals surface area contributed by atoms with Gasteiger partial charge in [0.1, 0.15) is 12.4 Å². The SMILES string of the molecule is Cc1nnnn1CC(=O)N[C@@H](CC(=O)O)CC(C)C. The maximum Gasteiger partial charge on any atom is 0.305 e. The summed E-state index contributed by atoms with van der Waals surface area (Å²) in [5.74, 6) is -0.375. The second-order valence-corrected chi connectivity index (χ2v) is 4.88. The molecule has 2 N–H and O–H groups in total. The molecule has 1 atom stereocenters. The second kappa shape index (κ2) is 6.81. The number of aliphatic carboxylic acids is 1. The number of aryl methyl sites for hydroxylation is 1. The molecular formula is C11H19N5O3. The first kappa shape index (κ1) is 15.1. The lowest BCUT2D eigenvalue weighted by Crippen LogP contribution is -2.39. The van der Waals surface area contributed by atoms with Gasteiger partial charge in [-0.05, 0) is 29.7 Å². The number of amides is 1. The minimum absolute atomic E-state index is 0.00690. The van der Waals surface area contributed by atoms with Crippen molar-refractivity contribution in [3.8, 4) is 0 Å². The highest BCUT2D eigenvalue weighted by molar-refractivity contribution is 5.77. The number of carbonyl (C=O) groups excluding carboxylic acids is 1. The van der Waals surface area contributed by atoms with Crippen LogP contribution < -0.4 is 5.32 Å². The van der Waals surface area contributed by atoms with Crippen LogP contribution in [0, 0.1) is 12.8 Å². The van der Waals surface area contributed by atoms with Crippen molar-refractivity contribution >= 4 is 11.9 Å². The number of nitrogens with zero attached hydrogens (tertiary/aromatic N) is 4. The average Bonchev–Trinajstić information content (AvgIpc) is 2.61. The summed E-state index contributed by atoms with van der Waals surface area (Å²) in [6.45, 7) is 5.64. The van der Waals surface area contributed by atoms with Gasteiger partial charge in [0.2, 0.25) is 5.91 Å². The van der Waals surface area contributed by atoms with Gasteiger partial charge in [-0.2, -0.15) is 0 Å². The van der Waals surface area contributed by atoms with Crippen LogP contribution in [0.3, 0.4) is 0 Å². The quantitative estimate of drug-likeness (QED) is 0.720. The maximum absolute atomic E-state index is 11.8. The van der Waals surface area contributed by atoms with Gasteiger partial charge in [-0.15, -0.1) is 5.10 Å². The zero-order valence-corrected chi connectivity index (χ0v) is 11.3. The van der Waals surface area contributed by atoms with Gasteiger partial charge in [0, 0.05) is 6.04 Å². The molecule has 1 aromatic rings. The van der Waals surface area contributed by atoms with E-state index in [1.807, 2.05) is 13.8 Å². The van der Waals surface area contributed by atoms with Crippen LogP contribution in [0.2, 0.25) is 0 Å². The molecule has 0 saturated carbocycles. The summed E-state index contributed by atoms with van der Waals surface area (Å²) in [6, 6.07) is -0.373. The van der Waals surface area contributed by atoms with Crippen LogP contribution in [0.4, 0.5) is 0 Å². The van der Waals surface area contributed by atoms with Crippen LogP contribution in [0.1, 0.15) is 32.5 Å². The Labute approximate surface area is 111 Å². The van der Waals surface area contributed by atoms with Crippen LogP contribution in [0.5, 0.6) is 0 Å². The monoisotopic (exact) mass is 269 g/mol.